The Morgan fingerprint density at radius 2 is 2.10 bits per heavy atom. The Morgan fingerprint density at radius 1 is 1.40 bits per heavy atom. The molecule has 2 rings (SSSR count). The third-order valence-electron chi connectivity index (χ3n) is 4.11. The average molecular weight is 341 g/mol. The molecule has 0 radical (unpaired) electrons. The van der Waals surface area contributed by atoms with Gasteiger partial charge in [-0.1, -0.05) is 28.1 Å². The number of β-amino-alcohol motifs (C(OH)–C–C–N with tert-alkyl or cyclic N) is 1. The summed E-state index contributed by atoms with van der Waals surface area (Å²) in [5, 5.41) is 13.5. The Morgan fingerprint density at radius 3 is 2.70 bits per heavy atom. The highest BCUT2D eigenvalue weighted by atomic mass is 79.9. The topological polar surface area (TPSA) is 35.5 Å². The van der Waals surface area contributed by atoms with Gasteiger partial charge in [0.2, 0.25) is 0 Å². The molecule has 1 aromatic rings. The van der Waals surface area contributed by atoms with Gasteiger partial charge in [0.25, 0.3) is 0 Å². The number of rotatable bonds is 5. The molecule has 1 aliphatic rings. The summed E-state index contributed by atoms with van der Waals surface area (Å²) in [6, 6.07) is 8.88. The van der Waals surface area contributed by atoms with Crippen molar-refractivity contribution in [3.8, 4) is 0 Å². The Balaban J connectivity index is 1.89. The second-order valence-corrected chi connectivity index (χ2v) is 6.97. The predicted molar refractivity (Wildman–Crippen MR) is 86.9 cm³/mol. The van der Waals surface area contributed by atoms with Crippen LogP contribution in [-0.4, -0.2) is 42.3 Å². The lowest BCUT2D eigenvalue weighted by atomic mass is 9.94. The number of piperidine rings is 1. The Bertz CT molecular complexity index is 419. The molecule has 0 saturated carbocycles. The molecule has 0 amide bonds. The molecule has 1 aromatic carbocycles. The minimum atomic E-state index is -0.509. The maximum absolute atomic E-state index is 10.2. The van der Waals surface area contributed by atoms with E-state index in [1.807, 2.05) is 14.0 Å². The zero-order chi connectivity index (χ0) is 14.6. The summed E-state index contributed by atoms with van der Waals surface area (Å²) in [4.78, 5) is 2.38. The van der Waals surface area contributed by atoms with Gasteiger partial charge in [0.05, 0.1) is 5.60 Å². The van der Waals surface area contributed by atoms with E-state index in [2.05, 4.69) is 50.4 Å². The van der Waals surface area contributed by atoms with Gasteiger partial charge in [-0.3, -0.25) is 0 Å². The van der Waals surface area contributed by atoms with Crippen molar-refractivity contribution in [2.75, 3.05) is 26.7 Å². The molecule has 0 spiro atoms. The second kappa shape index (κ2) is 7.03. The Labute approximate surface area is 130 Å². The SMILES string of the molecule is CNC(CCN1CCCC(C)(O)C1)c1ccc(Br)cc1. The molecule has 20 heavy (non-hydrogen) atoms. The van der Waals surface area contributed by atoms with Gasteiger partial charge in [0.15, 0.2) is 0 Å². The molecule has 112 valence electrons. The number of hydrogen-bond acceptors (Lipinski definition) is 3. The smallest absolute Gasteiger partial charge is 0.0746 e. The van der Waals surface area contributed by atoms with Crippen molar-refractivity contribution in [1.29, 1.82) is 0 Å². The quantitative estimate of drug-likeness (QED) is 0.864. The van der Waals surface area contributed by atoms with Crippen LogP contribution in [0.15, 0.2) is 28.7 Å². The van der Waals surface area contributed by atoms with E-state index >= 15 is 0 Å². The molecule has 2 atom stereocenters. The zero-order valence-corrected chi connectivity index (χ0v) is 14.0. The molecule has 0 aliphatic carbocycles. The first-order valence-electron chi connectivity index (χ1n) is 7.38. The van der Waals surface area contributed by atoms with Gasteiger partial charge in [-0.05, 0) is 57.5 Å². The van der Waals surface area contributed by atoms with Crippen molar-refractivity contribution in [3.05, 3.63) is 34.3 Å². The van der Waals surface area contributed by atoms with Crippen LogP contribution in [0, 0.1) is 0 Å². The number of benzene rings is 1. The highest BCUT2D eigenvalue weighted by molar-refractivity contribution is 9.10. The minimum absolute atomic E-state index is 0.370. The van der Waals surface area contributed by atoms with Crippen molar-refractivity contribution < 1.29 is 5.11 Å². The van der Waals surface area contributed by atoms with E-state index in [1.165, 1.54) is 5.56 Å². The maximum Gasteiger partial charge on any atom is 0.0746 e. The normalized spacial score (nSPS) is 25.6. The van der Waals surface area contributed by atoms with Crippen molar-refractivity contribution in [3.63, 3.8) is 0 Å². The number of nitrogens with one attached hydrogen (secondary N) is 1. The Hall–Kier alpha value is -0.420. The number of likely N-dealkylation sites (tertiary alicyclic amines) is 1. The van der Waals surface area contributed by atoms with E-state index in [0.717, 1.165) is 43.4 Å². The van der Waals surface area contributed by atoms with Crippen LogP contribution in [0.25, 0.3) is 0 Å². The molecule has 2 N–H and O–H groups in total. The highest BCUT2D eigenvalue weighted by Crippen LogP contribution is 2.23. The summed E-state index contributed by atoms with van der Waals surface area (Å²) >= 11 is 3.47. The van der Waals surface area contributed by atoms with Gasteiger partial charge in [0.1, 0.15) is 0 Å². The van der Waals surface area contributed by atoms with Crippen molar-refractivity contribution in [2.24, 2.45) is 0 Å². The summed E-state index contributed by atoms with van der Waals surface area (Å²) in [7, 11) is 2.01. The third kappa shape index (κ3) is 4.55. The van der Waals surface area contributed by atoms with E-state index in [4.69, 9.17) is 0 Å². The lowest BCUT2D eigenvalue weighted by molar-refractivity contribution is -0.0163. The van der Waals surface area contributed by atoms with Crippen LogP contribution in [0.4, 0.5) is 0 Å². The number of halogens is 1. The summed E-state index contributed by atoms with van der Waals surface area (Å²) in [5.74, 6) is 0. The first-order valence-corrected chi connectivity index (χ1v) is 8.17. The zero-order valence-electron chi connectivity index (χ0n) is 12.4. The standard InChI is InChI=1S/C16H25BrN2O/c1-16(20)9-3-10-19(12-16)11-8-15(18-2)13-4-6-14(17)7-5-13/h4-7,15,18,20H,3,8-12H2,1-2H3. The maximum atomic E-state index is 10.2. The summed E-state index contributed by atoms with van der Waals surface area (Å²) in [6.45, 7) is 4.87. The highest BCUT2D eigenvalue weighted by Gasteiger charge is 2.28. The average Bonchev–Trinajstić information content (AvgIpc) is 2.40. The van der Waals surface area contributed by atoms with E-state index < -0.39 is 5.60 Å². The lowest BCUT2D eigenvalue weighted by Gasteiger charge is -2.37. The molecule has 4 heteroatoms. The number of nitrogens with zero attached hydrogens (tertiary/aromatic N) is 1. The second-order valence-electron chi connectivity index (χ2n) is 6.06. The van der Waals surface area contributed by atoms with Crippen molar-refractivity contribution in [2.45, 2.75) is 37.8 Å². The van der Waals surface area contributed by atoms with Crippen LogP contribution >= 0.6 is 15.9 Å². The first kappa shape index (κ1) is 16.0. The summed E-state index contributed by atoms with van der Waals surface area (Å²) in [6.07, 6.45) is 3.08. The predicted octanol–water partition coefficient (Wildman–Crippen LogP) is 2.95. The molecule has 0 bridgehead atoms. The van der Waals surface area contributed by atoms with Crippen molar-refractivity contribution in [1.82, 2.24) is 10.2 Å². The fourth-order valence-electron chi connectivity index (χ4n) is 3.00. The molecule has 1 heterocycles. The van der Waals surface area contributed by atoms with Crippen LogP contribution in [0.5, 0.6) is 0 Å². The monoisotopic (exact) mass is 340 g/mol. The van der Waals surface area contributed by atoms with Gasteiger partial charge >= 0.3 is 0 Å². The fraction of sp³-hybridized carbons (Fsp3) is 0.625. The Kier molecular flexibility index (Phi) is 5.61. The van der Waals surface area contributed by atoms with Crippen molar-refractivity contribution >= 4 is 15.9 Å². The summed E-state index contributed by atoms with van der Waals surface area (Å²) in [5.41, 5.74) is 0.810. The molecule has 2 unspecified atom stereocenters. The van der Waals surface area contributed by atoms with E-state index in [9.17, 15) is 5.11 Å². The van der Waals surface area contributed by atoms with Gasteiger partial charge in [-0.25, -0.2) is 0 Å². The van der Waals surface area contributed by atoms with E-state index in [1.54, 1.807) is 0 Å². The number of hydrogen-bond donors (Lipinski definition) is 2. The van der Waals surface area contributed by atoms with Crippen LogP contribution < -0.4 is 5.32 Å². The summed E-state index contributed by atoms with van der Waals surface area (Å²) < 4.78 is 1.11. The molecular weight excluding hydrogens is 316 g/mol. The largest absolute Gasteiger partial charge is 0.389 e. The van der Waals surface area contributed by atoms with Crippen LogP contribution in [0.1, 0.15) is 37.8 Å². The molecule has 1 saturated heterocycles. The number of aliphatic hydroxyl groups is 1. The molecule has 1 aliphatic heterocycles. The third-order valence-corrected chi connectivity index (χ3v) is 4.64. The minimum Gasteiger partial charge on any atom is -0.389 e. The van der Waals surface area contributed by atoms with Crippen LogP contribution in [-0.2, 0) is 0 Å². The van der Waals surface area contributed by atoms with Gasteiger partial charge in [-0.2, -0.15) is 0 Å². The fourth-order valence-corrected chi connectivity index (χ4v) is 3.26. The molecular formula is C16H25BrN2O. The lowest BCUT2D eigenvalue weighted by Crippen LogP contribution is -2.46. The molecule has 0 aromatic heterocycles. The van der Waals surface area contributed by atoms with E-state index in [-0.39, 0.29) is 0 Å². The first-order chi connectivity index (χ1) is 9.50. The van der Waals surface area contributed by atoms with E-state index in [0.29, 0.717) is 6.04 Å². The van der Waals surface area contributed by atoms with Gasteiger partial charge in [-0.15, -0.1) is 0 Å². The molecule has 1 fully saturated rings. The van der Waals surface area contributed by atoms with Gasteiger partial charge in [0, 0.05) is 23.6 Å². The van der Waals surface area contributed by atoms with Gasteiger partial charge < -0.3 is 15.3 Å². The molecule has 3 nitrogen and oxygen atoms in total. The van der Waals surface area contributed by atoms with Crippen LogP contribution in [0.2, 0.25) is 0 Å². The van der Waals surface area contributed by atoms with Crippen LogP contribution in [0.3, 0.4) is 0 Å².